The SMILES string of the molecule is C=C(C)COc1ccccc1CNCCN(CC)CC. The van der Waals surface area contributed by atoms with Crippen molar-refractivity contribution in [2.45, 2.75) is 27.3 Å². The predicted octanol–water partition coefficient (Wildman–Crippen LogP) is 3.07. The Balaban J connectivity index is 2.41. The molecular formula is C17H28N2O. The first-order valence-corrected chi connectivity index (χ1v) is 7.45. The van der Waals surface area contributed by atoms with Gasteiger partial charge in [0, 0.05) is 25.2 Å². The van der Waals surface area contributed by atoms with Crippen molar-refractivity contribution in [2.24, 2.45) is 0 Å². The van der Waals surface area contributed by atoms with E-state index in [2.05, 4.69) is 42.8 Å². The summed E-state index contributed by atoms with van der Waals surface area (Å²) in [6.45, 7) is 16.0. The molecule has 0 radical (unpaired) electrons. The number of likely N-dealkylation sites (N-methyl/N-ethyl adjacent to an activating group) is 1. The molecule has 0 aliphatic heterocycles. The molecule has 112 valence electrons. The third-order valence-corrected chi connectivity index (χ3v) is 3.26. The molecule has 20 heavy (non-hydrogen) atoms. The van der Waals surface area contributed by atoms with Crippen molar-refractivity contribution in [3.63, 3.8) is 0 Å². The first-order chi connectivity index (χ1) is 9.67. The summed E-state index contributed by atoms with van der Waals surface area (Å²) in [4.78, 5) is 2.41. The molecule has 0 amide bonds. The largest absolute Gasteiger partial charge is 0.489 e. The summed E-state index contributed by atoms with van der Waals surface area (Å²) in [6.07, 6.45) is 0. The molecule has 0 aliphatic rings. The molecule has 0 aliphatic carbocycles. The number of nitrogens with zero attached hydrogens (tertiary/aromatic N) is 1. The van der Waals surface area contributed by atoms with Crippen LogP contribution < -0.4 is 10.1 Å². The lowest BCUT2D eigenvalue weighted by Crippen LogP contribution is -2.31. The van der Waals surface area contributed by atoms with Crippen LogP contribution in [-0.2, 0) is 6.54 Å². The lowest BCUT2D eigenvalue weighted by atomic mass is 10.2. The molecule has 1 rings (SSSR count). The quantitative estimate of drug-likeness (QED) is 0.525. The second kappa shape index (κ2) is 9.56. The Morgan fingerprint density at radius 2 is 1.95 bits per heavy atom. The van der Waals surface area contributed by atoms with E-state index < -0.39 is 0 Å². The zero-order valence-corrected chi connectivity index (χ0v) is 13.1. The smallest absolute Gasteiger partial charge is 0.124 e. The normalized spacial score (nSPS) is 10.8. The Morgan fingerprint density at radius 1 is 1.25 bits per heavy atom. The number of hydrogen-bond acceptors (Lipinski definition) is 3. The Morgan fingerprint density at radius 3 is 2.60 bits per heavy atom. The van der Waals surface area contributed by atoms with Crippen LogP contribution in [0.25, 0.3) is 0 Å². The molecule has 0 atom stereocenters. The van der Waals surface area contributed by atoms with Crippen molar-refractivity contribution in [2.75, 3.05) is 32.8 Å². The molecule has 0 aromatic heterocycles. The maximum absolute atomic E-state index is 5.77. The van der Waals surface area contributed by atoms with Crippen LogP contribution in [0.15, 0.2) is 36.4 Å². The molecule has 1 N–H and O–H groups in total. The van der Waals surface area contributed by atoms with E-state index >= 15 is 0 Å². The molecule has 0 fully saturated rings. The molecule has 0 bridgehead atoms. The number of ether oxygens (including phenoxy) is 1. The van der Waals surface area contributed by atoms with Crippen LogP contribution in [0.5, 0.6) is 5.75 Å². The van der Waals surface area contributed by atoms with Crippen LogP contribution in [0.4, 0.5) is 0 Å². The number of para-hydroxylation sites is 1. The number of rotatable bonds is 10. The van der Waals surface area contributed by atoms with Gasteiger partial charge < -0.3 is 15.0 Å². The van der Waals surface area contributed by atoms with Gasteiger partial charge in [-0.1, -0.05) is 38.6 Å². The molecule has 0 spiro atoms. The Kier molecular flexibility index (Phi) is 8.00. The van der Waals surface area contributed by atoms with Crippen molar-refractivity contribution in [1.29, 1.82) is 0 Å². The highest BCUT2D eigenvalue weighted by atomic mass is 16.5. The van der Waals surface area contributed by atoms with Crippen LogP contribution in [0.2, 0.25) is 0 Å². The van der Waals surface area contributed by atoms with E-state index in [1.807, 2.05) is 19.1 Å². The summed E-state index contributed by atoms with van der Waals surface area (Å²) >= 11 is 0. The molecule has 3 nitrogen and oxygen atoms in total. The molecule has 0 saturated heterocycles. The second-order valence-electron chi connectivity index (χ2n) is 5.06. The van der Waals surface area contributed by atoms with Crippen LogP contribution in [-0.4, -0.2) is 37.7 Å². The van der Waals surface area contributed by atoms with Gasteiger partial charge >= 0.3 is 0 Å². The first-order valence-electron chi connectivity index (χ1n) is 7.45. The van der Waals surface area contributed by atoms with Gasteiger partial charge in [-0.15, -0.1) is 0 Å². The van der Waals surface area contributed by atoms with Crippen molar-refractivity contribution < 1.29 is 4.74 Å². The van der Waals surface area contributed by atoms with Gasteiger partial charge in [-0.2, -0.15) is 0 Å². The van der Waals surface area contributed by atoms with Crippen molar-refractivity contribution in [1.82, 2.24) is 10.2 Å². The van der Waals surface area contributed by atoms with Gasteiger partial charge in [0.2, 0.25) is 0 Å². The monoisotopic (exact) mass is 276 g/mol. The number of nitrogens with one attached hydrogen (secondary N) is 1. The van der Waals surface area contributed by atoms with E-state index in [-0.39, 0.29) is 0 Å². The standard InChI is InChI=1S/C17H28N2O/c1-5-19(6-2)12-11-18-13-16-9-7-8-10-17(16)20-14-15(3)4/h7-10,18H,3,5-6,11-14H2,1-2,4H3. The van der Waals surface area contributed by atoms with E-state index in [9.17, 15) is 0 Å². The maximum Gasteiger partial charge on any atom is 0.124 e. The summed E-state index contributed by atoms with van der Waals surface area (Å²) in [5.74, 6) is 0.950. The molecule has 1 aromatic carbocycles. The molecule has 1 aromatic rings. The third kappa shape index (κ3) is 6.22. The fourth-order valence-electron chi connectivity index (χ4n) is 1.99. The summed E-state index contributed by atoms with van der Waals surface area (Å²) in [5, 5.41) is 3.48. The highest BCUT2D eigenvalue weighted by molar-refractivity contribution is 5.33. The van der Waals surface area contributed by atoms with Gasteiger partial charge in [-0.25, -0.2) is 0 Å². The number of hydrogen-bond donors (Lipinski definition) is 1. The van der Waals surface area contributed by atoms with Gasteiger partial charge in [-0.05, 0) is 31.7 Å². The van der Waals surface area contributed by atoms with Crippen molar-refractivity contribution >= 4 is 0 Å². The predicted molar refractivity (Wildman–Crippen MR) is 86.2 cm³/mol. The van der Waals surface area contributed by atoms with Crippen molar-refractivity contribution in [3.05, 3.63) is 42.0 Å². The summed E-state index contributed by atoms with van der Waals surface area (Å²) < 4.78 is 5.77. The minimum atomic E-state index is 0.580. The molecule has 0 saturated carbocycles. The van der Waals surface area contributed by atoms with Gasteiger partial charge in [0.1, 0.15) is 12.4 Å². The average molecular weight is 276 g/mol. The molecule has 3 heteroatoms. The Bertz CT molecular complexity index is 400. The van der Waals surface area contributed by atoms with Crippen LogP contribution >= 0.6 is 0 Å². The van der Waals surface area contributed by atoms with Crippen LogP contribution in [0.1, 0.15) is 26.3 Å². The Hall–Kier alpha value is -1.32. The summed E-state index contributed by atoms with van der Waals surface area (Å²) in [6, 6.07) is 8.19. The van der Waals surface area contributed by atoms with E-state index in [1.165, 1.54) is 5.56 Å². The van der Waals surface area contributed by atoms with Gasteiger partial charge in [0.05, 0.1) is 0 Å². The van der Waals surface area contributed by atoms with Gasteiger partial charge in [0.25, 0.3) is 0 Å². The minimum absolute atomic E-state index is 0.580. The average Bonchev–Trinajstić information content (AvgIpc) is 2.46. The molecule has 0 unspecified atom stereocenters. The second-order valence-corrected chi connectivity index (χ2v) is 5.06. The number of benzene rings is 1. The lowest BCUT2D eigenvalue weighted by molar-refractivity contribution is 0.301. The van der Waals surface area contributed by atoms with E-state index in [1.54, 1.807) is 0 Å². The van der Waals surface area contributed by atoms with Crippen LogP contribution in [0.3, 0.4) is 0 Å². The van der Waals surface area contributed by atoms with Crippen LogP contribution in [0, 0.1) is 0 Å². The fourth-order valence-corrected chi connectivity index (χ4v) is 1.99. The lowest BCUT2D eigenvalue weighted by Gasteiger charge is -2.18. The van der Waals surface area contributed by atoms with Gasteiger partial charge in [-0.3, -0.25) is 0 Å². The van der Waals surface area contributed by atoms with Gasteiger partial charge in [0.15, 0.2) is 0 Å². The highest BCUT2D eigenvalue weighted by Crippen LogP contribution is 2.18. The first kappa shape index (κ1) is 16.7. The fraction of sp³-hybridized carbons (Fsp3) is 0.529. The van der Waals surface area contributed by atoms with E-state index in [0.717, 1.165) is 44.0 Å². The van der Waals surface area contributed by atoms with E-state index in [0.29, 0.717) is 6.61 Å². The molecular weight excluding hydrogens is 248 g/mol. The maximum atomic E-state index is 5.77. The third-order valence-electron chi connectivity index (χ3n) is 3.26. The summed E-state index contributed by atoms with van der Waals surface area (Å²) in [5.41, 5.74) is 2.24. The minimum Gasteiger partial charge on any atom is -0.489 e. The topological polar surface area (TPSA) is 24.5 Å². The zero-order chi connectivity index (χ0) is 14.8. The highest BCUT2D eigenvalue weighted by Gasteiger charge is 2.03. The van der Waals surface area contributed by atoms with E-state index in [4.69, 9.17) is 4.74 Å². The zero-order valence-electron chi connectivity index (χ0n) is 13.1. The Labute approximate surface area is 123 Å². The summed E-state index contributed by atoms with van der Waals surface area (Å²) in [7, 11) is 0. The van der Waals surface area contributed by atoms with Crippen molar-refractivity contribution in [3.8, 4) is 5.75 Å². The molecule has 0 heterocycles.